The zero-order valence-corrected chi connectivity index (χ0v) is 16.3. The van der Waals surface area contributed by atoms with Gasteiger partial charge in [0.05, 0.1) is 17.2 Å². The highest BCUT2D eigenvalue weighted by atomic mass is 32.2. The highest BCUT2D eigenvalue weighted by Gasteiger charge is 2.20. The summed E-state index contributed by atoms with van der Waals surface area (Å²) in [5.74, 6) is -3.77. The molecule has 154 valence electrons. The molecule has 2 N–H and O–H groups in total. The smallest absolute Gasteiger partial charge is 0.243 e. The predicted molar refractivity (Wildman–Crippen MR) is 103 cm³/mol. The third-order valence-corrected chi connectivity index (χ3v) is 6.39. The monoisotopic (exact) mass is 422 g/mol. The van der Waals surface area contributed by atoms with E-state index >= 15 is 0 Å². The number of aryl methyl sites for hydroxylation is 2. The van der Waals surface area contributed by atoms with Crippen molar-refractivity contribution >= 4 is 27.3 Å². The molecule has 3 rings (SSSR count). The van der Waals surface area contributed by atoms with Crippen LogP contribution in [0.5, 0.6) is 0 Å². The molecule has 0 aliphatic heterocycles. The van der Waals surface area contributed by atoms with Crippen molar-refractivity contribution in [3.63, 3.8) is 0 Å². The second kappa shape index (κ2) is 8.69. The minimum atomic E-state index is -3.61. The third-order valence-electron chi connectivity index (χ3n) is 4.68. The largest absolute Gasteiger partial charge is 0.347 e. The van der Waals surface area contributed by atoms with Crippen LogP contribution in [0.3, 0.4) is 0 Å². The first-order valence-electron chi connectivity index (χ1n) is 9.11. The maximum Gasteiger partial charge on any atom is 0.243 e. The summed E-state index contributed by atoms with van der Waals surface area (Å²) in [6.07, 6.45) is 2.52. The number of fused-ring (bicyclic) bond motifs is 1. The molecule has 0 fully saturated rings. The number of sulfone groups is 1. The Morgan fingerprint density at radius 2 is 1.69 bits per heavy atom. The Labute approximate surface area is 167 Å². The van der Waals surface area contributed by atoms with Gasteiger partial charge in [-0.05, 0) is 54.7 Å². The normalized spacial score (nSPS) is 13.0. The number of rotatable bonds is 7. The van der Waals surface area contributed by atoms with Gasteiger partial charge in [-0.25, -0.2) is 17.2 Å². The van der Waals surface area contributed by atoms with E-state index in [0.29, 0.717) is 0 Å². The summed E-state index contributed by atoms with van der Waals surface area (Å²) in [6, 6.07) is 7.92. The number of halogens is 2. The number of nitrogens with one attached hydrogen (secondary N) is 2. The molecular formula is C20H20F2N2O4S. The summed E-state index contributed by atoms with van der Waals surface area (Å²) >= 11 is 0. The second-order valence-corrected chi connectivity index (χ2v) is 8.92. The number of carbonyl (C=O) groups is 2. The topological polar surface area (TPSA) is 92.3 Å². The van der Waals surface area contributed by atoms with Gasteiger partial charge < -0.3 is 10.6 Å². The van der Waals surface area contributed by atoms with Gasteiger partial charge in [0.1, 0.15) is 0 Å². The van der Waals surface area contributed by atoms with Crippen molar-refractivity contribution in [1.82, 2.24) is 5.32 Å². The Morgan fingerprint density at radius 1 is 0.931 bits per heavy atom. The van der Waals surface area contributed by atoms with Crippen LogP contribution in [-0.4, -0.2) is 32.5 Å². The summed E-state index contributed by atoms with van der Waals surface area (Å²) in [6.45, 7) is -0.420. The first-order chi connectivity index (χ1) is 13.7. The lowest BCUT2D eigenvalue weighted by molar-refractivity contribution is -0.123. The van der Waals surface area contributed by atoms with Crippen LogP contribution >= 0.6 is 0 Å². The average Bonchev–Trinajstić information content (AvgIpc) is 3.15. The quantitative estimate of drug-likeness (QED) is 0.717. The van der Waals surface area contributed by atoms with E-state index in [1.807, 2.05) is 6.07 Å². The van der Waals surface area contributed by atoms with Crippen LogP contribution in [0.4, 0.5) is 14.5 Å². The summed E-state index contributed by atoms with van der Waals surface area (Å²) in [5, 5.41) is 4.62. The van der Waals surface area contributed by atoms with Crippen molar-refractivity contribution < 1.29 is 26.8 Å². The first kappa shape index (κ1) is 20.9. The molecule has 0 radical (unpaired) electrons. The van der Waals surface area contributed by atoms with Crippen LogP contribution in [0.2, 0.25) is 0 Å². The summed E-state index contributed by atoms with van der Waals surface area (Å²) < 4.78 is 50.9. The van der Waals surface area contributed by atoms with Crippen LogP contribution < -0.4 is 10.6 Å². The molecule has 1 aliphatic carbocycles. The molecule has 2 aromatic rings. The summed E-state index contributed by atoms with van der Waals surface area (Å²) in [4.78, 5) is 23.9. The molecule has 2 aromatic carbocycles. The standard InChI is InChI=1S/C20H20F2N2O4S/c21-17-7-5-15(11-18(17)22)24-20(26)12-23-19(25)8-9-29(27,28)16-6-4-13-2-1-3-14(13)10-16/h4-7,10-11H,1-3,8-9,12H2,(H,23,25)(H,24,26). The van der Waals surface area contributed by atoms with Gasteiger partial charge in [0, 0.05) is 18.2 Å². The summed E-state index contributed by atoms with van der Waals surface area (Å²) in [5.41, 5.74) is 2.24. The Bertz CT molecular complexity index is 1050. The Hall–Kier alpha value is -2.81. The maximum absolute atomic E-state index is 13.1. The van der Waals surface area contributed by atoms with Crippen molar-refractivity contribution in [2.75, 3.05) is 17.6 Å². The van der Waals surface area contributed by atoms with Gasteiger partial charge >= 0.3 is 0 Å². The maximum atomic E-state index is 13.1. The van der Waals surface area contributed by atoms with E-state index in [4.69, 9.17) is 0 Å². The van der Waals surface area contributed by atoms with Crippen molar-refractivity contribution in [2.24, 2.45) is 0 Å². The molecule has 0 atom stereocenters. The van der Waals surface area contributed by atoms with E-state index in [0.717, 1.165) is 42.5 Å². The highest BCUT2D eigenvalue weighted by Crippen LogP contribution is 2.25. The van der Waals surface area contributed by atoms with Crippen LogP contribution in [0, 0.1) is 11.6 Å². The summed E-state index contributed by atoms with van der Waals surface area (Å²) in [7, 11) is -3.61. The SMILES string of the molecule is O=C(CCS(=O)(=O)c1ccc2c(c1)CCC2)NCC(=O)Nc1ccc(F)c(F)c1. The molecule has 9 heteroatoms. The Balaban J connectivity index is 1.47. The van der Waals surface area contributed by atoms with Crippen LogP contribution in [0.25, 0.3) is 0 Å². The molecule has 0 bridgehead atoms. The van der Waals surface area contributed by atoms with Crippen molar-refractivity contribution in [3.05, 3.63) is 59.2 Å². The molecular weight excluding hydrogens is 402 g/mol. The van der Waals surface area contributed by atoms with Gasteiger partial charge in [-0.1, -0.05) is 6.07 Å². The van der Waals surface area contributed by atoms with Gasteiger partial charge in [0.15, 0.2) is 21.5 Å². The van der Waals surface area contributed by atoms with E-state index in [1.54, 1.807) is 12.1 Å². The Morgan fingerprint density at radius 3 is 2.45 bits per heavy atom. The zero-order chi connectivity index (χ0) is 21.0. The van der Waals surface area contributed by atoms with E-state index in [1.165, 1.54) is 6.07 Å². The number of amides is 2. The van der Waals surface area contributed by atoms with Crippen molar-refractivity contribution in [3.8, 4) is 0 Å². The molecule has 0 unspecified atom stereocenters. The fourth-order valence-electron chi connectivity index (χ4n) is 3.13. The molecule has 6 nitrogen and oxygen atoms in total. The molecule has 2 amide bonds. The average molecular weight is 422 g/mol. The van der Waals surface area contributed by atoms with Crippen LogP contribution in [0.1, 0.15) is 24.0 Å². The fraction of sp³-hybridized carbons (Fsp3) is 0.300. The van der Waals surface area contributed by atoms with Gasteiger partial charge in [0.2, 0.25) is 11.8 Å². The number of hydrogen-bond donors (Lipinski definition) is 2. The second-order valence-electron chi connectivity index (χ2n) is 6.81. The lowest BCUT2D eigenvalue weighted by Gasteiger charge is -2.09. The molecule has 0 heterocycles. The molecule has 29 heavy (non-hydrogen) atoms. The van der Waals surface area contributed by atoms with E-state index in [2.05, 4.69) is 10.6 Å². The van der Waals surface area contributed by atoms with Gasteiger partial charge in [-0.2, -0.15) is 0 Å². The van der Waals surface area contributed by atoms with E-state index in [9.17, 15) is 26.8 Å². The number of hydrogen-bond acceptors (Lipinski definition) is 4. The molecule has 0 saturated carbocycles. The van der Waals surface area contributed by atoms with Crippen LogP contribution in [-0.2, 0) is 32.3 Å². The van der Waals surface area contributed by atoms with Gasteiger partial charge in [-0.15, -0.1) is 0 Å². The number of benzene rings is 2. The van der Waals surface area contributed by atoms with Gasteiger partial charge in [-0.3, -0.25) is 9.59 Å². The number of anilines is 1. The first-order valence-corrected chi connectivity index (χ1v) is 10.8. The van der Waals surface area contributed by atoms with Gasteiger partial charge in [0.25, 0.3) is 0 Å². The molecule has 0 aromatic heterocycles. The lowest BCUT2D eigenvalue weighted by atomic mass is 10.1. The lowest BCUT2D eigenvalue weighted by Crippen LogP contribution is -2.33. The number of carbonyl (C=O) groups excluding carboxylic acids is 2. The molecule has 0 saturated heterocycles. The fourth-order valence-corrected chi connectivity index (χ4v) is 4.42. The third kappa shape index (κ3) is 5.38. The Kier molecular flexibility index (Phi) is 6.26. The highest BCUT2D eigenvalue weighted by molar-refractivity contribution is 7.91. The van der Waals surface area contributed by atoms with E-state index < -0.39 is 39.8 Å². The predicted octanol–water partition coefficient (Wildman–Crippen LogP) is 2.37. The van der Waals surface area contributed by atoms with Crippen LogP contribution in [0.15, 0.2) is 41.3 Å². The molecule has 0 spiro atoms. The molecule has 1 aliphatic rings. The van der Waals surface area contributed by atoms with Crippen molar-refractivity contribution in [1.29, 1.82) is 0 Å². The van der Waals surface area contributed by atoms with Crippen molar-refractivity contribution in [2.45, 2.75) is 30.6 Å². The minimum absolute atomic E-state index is 0.0438. The minimum Gasteiger partial charge on any atom is -0.347 e. The zero-order valence-electron chi connectivity index (χ0n) is 15.5. The van der Waals surface area contributed by atoms with E-state index in [-0.39, 0.29) is 22.8 Å².